The molecule has 6 aromatic rings. The Kier molecular flexibility index (Phi) is 7.10. The molecular formula is C31H25FN4O5S2. The third-order valence-electron chi connectivity index (χ3n) is 7.12. The summed E-state index contributed by atoms with van der Waals surface area (Å²) in [6.07, 6.45) is 1.09. The molecule has 0 fully saturated rings. The summed E-state index contributed by atoms with van der Waals surface area (Å²) >= 11 is 1.56. The van der Waals surface area contributed by atoms with Crippen molar-refractivity contribution in [2.45, 2.75) is 0 Å². The Bertz CT molecular complexity index is 2110. The molecule has 3 aromatic heterocycles. The Morgan fingerprint density at radius 3 is 2.44 bits per heavy atom. The summed E-state index contributed by atoms with van der Waals surface area (Å²) in [4.78, 5) is 14.1. The van der Waals surface area contributed by atoms with Gasteiger partial charge in [-0.2, -0.15) is 0 Å². The van der Waals surface area contributed by atoms with Gasteiger partial charge in [-0.05, 0) is 53.9 Å². The molecule has 0 spiro atoms. The van der Waals surface area contributed by atoms with E-state index in [-0.39, 0.29) is 22.6 Å². The Balaban J connectivity index is 1.64. The van der Waals surface area contributed by atoms with E-state index < -0.39 is 21.7 Å². The first-order valence-corrected chi connectivity index (χ1v) is 15.7. The van der Waals surface area contributed by atoms with E-state index in [1.807, 2.05) is 30.3 Å². The van der Waals surface area contributed by atoms with Crippen LogP contribution in [0, 0.1) is 5.82 Å². The number of aromatic nitrogens is 2. The number of rotatable bonds is 7. The van der Waals surface area contributed by atoms with Crippen molar-refractivity contribution in [2.24, 2.45) is 0 Å². The number of nitrogens with one attached hydrogen (secondary N) is 1. The molecule has 3 heterocycles. The lowest BCUT2D eigenvalue weighted by Crippen LogP contribution is -2.25. The zero-order chi connectivity index (χ0) is 30.5. The predicted molar refractivity (Wildman–Crippen MR) is 167 cm³/mol. The molecule has 12 heteroatoms. The van der Waals surface area contributed by atoms with Crippen molar-refractivity contribution in [3.05, 3.63) is 84.2 Å². The zero-order valence-corrected chi connectivity index (χ0v) is 25.1. The first kappa shape index (κ1) is 28.3. The summed E-state index contributed by atoms with van der Waals surface area (Å²) in [6, 6.07) is 20.6. The molecule has 0 saturated carbocycles. The fourth-order valence-electron chi connectivity index (χ4n) is 4.89. The minimum absolute atomic E-state index is 0.213. The lowest BCUT2D eigenvalue weighted by molar-refractivity contribution is 0.0964. The second-order valence-electron chi connectivity index (χ2n) is 9.79. The van der Waals surface area contributed by atoms with Crippen molar-refractivity contribution in [2.75, 3.05) is 31.8 Å². The van der Waals surface area contributed by atoms with Gasteiger partial charge in [-0.3, -0.25) is 9.10 Å². The highest BCUT2D eigenvalue weighted by molar-refractivity contribution is 7.92. The number of fused-ring (bicyclic) bond motifs is 2. The third kappa shape index (κ3) is 5.08. The number of sulfonamides is 1. The Morgan fingerprint density at radius 1 is 1.02 bits per heavy atom. The van der Waals surface area contributed by atoms with Crippen LogP contribution in [-0.4, -0.2) is 52.0 Å². The lowest BCUT2D eigenvalue weighted by atomic mass is 10.00. The van der Waals surface area contributed by atoms with Crippen molar-refractivity contribution >= 4 is 54.0 Å². The van der Waals surface area contributed by atoms with Crippen molar-refractivity contribution in [3.63, 3.8) is 0 Å². The second-order valence-corrected chi connectivity index (χ2v) is 12.9. The van der Waals surface area contributed by atoms with Gasteiger partial charge in [0, 0.05) is 46.3 Å². The first-order chi connectivity index (χ1) is 20.6. The number of ether oxygens (including phenoxy) is 1. The van der Waals surface area contributed by atoms with Crippen molar-refractivity contribution in [3.8, 4) is 38.9 Å². The van der Waals surface area contributed by atoms with Gasteiger partial charge in [0.15, 0.2) is 0 Å². The monoisotopic (exact) mass is 616 g/mol. The van der Waals surface area contributed by atoms with E-state index in [0.717, 1.165) is 25.5 Å². The number of halogens is 1. The van der Waals surface area contributed by atoms with E-state index in [2.05, 4.69) is 15.5 Å². The van der Waals surface area contributed by atoms with Crippen molar-refractivity contribution in [1.82, 2.24) is 15.5 Å². The smallest absolute Gasteiger partial charge is 0.255 e. The molecule has 0 bridgehead atoms. The molecule has 218 valence electrons. The van der Waals surface area contributed by atoms with Crippen LogP contribution in [0.15, 0.2) is 77.2 Å². The molecule has 0 aliphatic carbocycles. The number of carbonyl (C=O) groups excluding carboxylic acids is 1. The molecule has 0 radical (unpaired) electrons. The predicted octanol–water partition coefficient (Wildman–Crippen LogP) is 6.34. The Labute approximate surface area is 250 Å². The van der Waals surface area contributed by atoms with Crippen LogP contribution in [-0.2, 0) is 10.0 Å². The van der Waals surface area contributed by atoms with Crippen LogP contribution >= 0.6 is 11.3 Å². The van der Waals surface area contributed by atoms with Crippen molar-refractivity contribution < 1.29 is 26.8 Å². The molecule has 9 nitrogen and oxygen atoms in total. The molecule has 0 aliphatic rings. The van der Waals surface area contributed by atoms with Gasteiger partial charge in [-0.25, -0.2) is 12.8 Å². The summed E-state index contributed by atoms with van der Waals surface area (Å²) < 4.78 is 53.1. The van der Waals surface area contributed by atoms with Gasteiger partial charge in [0.25, 0.3) is 5.91 Å². The average molecular weight is 617 g/mol. The fraction of sp³-hybridized carbons (Fsp3) is 0.129. The number of benzene rings is 3. The molecular weight excluding hydrogens is 591 g/mol. The summed E-state index contributed by atoms with van der Waals surface area (Å²) in [7, 11) is 0.697. The number of carbonyl (C=O) groups is 1. The van der Waals surface area contributed by atoms with Gasteiger partial charge < -0.3 is 14.5 Å². The number of hydrogen-bond acceptors (Lipinski definition) is 8. The third-order valence-corrected chi connectivity index (χ3v) is 9.46. The summed E-state index contributed by atoms with van der Waals surface area (Å²) in [6.45, 7) is 0. The van der Waals surface area contributed by atoms with E-state index in [4.69, 9.17) is 9.15 Å². The first-order valence-electron chi connectivity index (χ1n) is 13.0. The fourth-order valence-corrected chi connectivity index (χ4v) is 6.46. The van der Waals surface area contributed by atoms with Gasteiger partial charge in [-0.1, -0.05) is 18.2 Å². The van der Waals surface area contributed by atoms with Crippen LogP contribution < -0.4 is 14.4 Å². The Hall–Kier alpha value is -4.81. The number of thiophene rings is 1. The van der Waals surface area contributed by atoms with E-state index in [9.17, 15) is 17.6 Å². The highest BCUT2D eigenvalue weighted by Gasteiger charge is 2.27. The molecule has 3 aromatic carbocycles. The SMILES string of the molecule is CNC(=O)c1c(-c2ccc(F)cc2)oc2cc(N(C)S(C)(=O)=O)c(-c3cc(-c4cc5ccccc5s4)c(OC)nn3)cc12. The van der Waals surface area contributed by atoms with Crippen LogP contribution in [0.1, 0.15) is 10.4 Å². The number of anilines is 1. The normalized spacial score (nSPS) is 11.7. The van der Waals surface area contributed by atoms with Crippen LogP contribution in [0.25, 0.3) is 54.1 Å². The highest BCUT2D eigenvalue weighted by Crippen LogP contribution is 2.43. The van der Waals surface area contributed by atoms with Gasteiger partial charge in [-0.15, -0.1) is 21.5 Å². The summed E-state index contributed by atoms with van der Waals surface area (Å²) in [5, 5.41) is 12.8. The summed E-state index contributed by atoms with van der Waals surface area (Å²) in [5.41, 5.74) is 2.64. The standard InChI is InChI=1S/C31H25FN4O5S2/c1-33-30(37)28-21-14-20(23-15-22(31(40-3)35-34-23)27-13-18-7-5-6-8-26(18)42-27)24(36(2)43(4,38)39)16-25(21)41-29(28)17-9-11-19(32)12-10-17/h5-16H,1-4H3,(H,33,37). The average Bonchev–Trinajstić information content (AvgIpc) is 3.61. The Morgan fingerprint density at radius 2 is 1.77 bits per heavy atom. The molecule has 0 aliphatic heterocycles. The minimum Gasteiger partial charge on any atom is -0.479 e. The van der Waals surface area contributed by atoms with Crippen molar-refractivity contribution in [1.29, 1.82) is 0 Å². The van der Waals surface area contributed by atoms with Gasteiger partial charge in [0.2, 0.25) is 15.9 Å². The maximum absolute atomic E-state index is 13.7. The number of furan rings is 1. The molecule has 0 unspecified atom stereocenters. The van der Waals surface area contributed by atoms with Gasteiger partial charge >= 0.3 is 0 Å². The van der Waals surface area contributed by atoms with E-state index >= 15 is 0 Å². The molecule has 1 N–H and O–H groups in total. The largest absolute Gasteiger partial charge is 0.479 e. The van der Waals surface area contributed by atoms with E-state index in [0.29, 0.717) is 33.7 Å². The van der Waals surface area contributed by atoms with Crippen LogP contribution in [0.2, 0.25) is 0 Å². The number of nitrogens with zero attached hydrogens (tertiary/aromatic N) is 3. The molecule has 43 heavy (non-hydrogen) atoms. The number of hydrogen-bond donors (Lipinski definition) is 1. The molecule has 6 rings (SSSR count). The van der Waals surface area contributed by atoms with Crippen LogP contribution in [0.3, 0.4) is 0 Å². The molecule has 1 amide bonds. The number of methoxy groups -OCH3 is 1. The molecule has 0 atom stereocenters. The van der Waals surface area contributed by atoms with E-state index in [1.165, 1.54) is 45.5 Å². The molecule has 0 saturated heterocycles. The quantitative estimate of drug-likeness (QED) is 0.223. The summed E-state index contributed by atoms with van der Waals surface area (Å²) in [5.74, 6) is -0.346. The maximum Gasteiger partial charge on any atom is 0.255 e. The van der Waals surface area contributed by atoms with E-state index in [1.54, 1.807) is 29.5 Å². The second kappa shape index (κ2) is 10.8. The van der Waals surface area contributed by atoms with Crippen LogP contribution in [0.5, 0.6) is 5.88 Å². The minimum atomic E-state index is -3.73. The van der Waals surface area contributed by atoms with Crippen LogP contribution in [0.4, 0.5) is 10.1 Å². The highest BCUT2D eigenvalue weighted by atomic mass is 32.2. The lowest BCUT2D eigenvalue weighted by Gasteiger charge is -2.20. The maximum atomic E-state index is 13.7. The van der Waals surface area contributed by atoms with Gasteiger partial charge in [0.1, 0.15) is 17.2 Å². The zero-order valence-electron chi connectivity index (χ0n) is 23.5. The topological polar surface area (TPSA) is 115 Å². The number of amides is 1. The van der Waals surface area contributed by atoms with Gasteiger partial charge in [0.05, 0.1) is 35.9 Å².